The molecular weight excluding hydrogens is 200 g/mol. The van der Waals surface area contributed by atoms with Gasteiger partial charge in [0.05, 0.1) is 4.88 Å². The van der Waals surface area contributed by atoms with Crippen molar-refractivity contribution in [1.82, 2.24) is 0 Å². The molecule has 0 unspecified atom stereocenters. The fourth-order valence-corrected chi connectivity index (χ4v) is 3.89. The minimum atomic E-state index is 0.246. The molecular formula is C10H6OS2. The van der Waals surface area contributed by atoms with Crippen molar-refractivity contribution in [2.75, 3.05) is 0 Å². The maximum absolute atomic E-state index is 11.4. The first kappa shape index (κ1) is 7.59. The number of carbonyl (C=O) groups excluding carboxylic acids is 1. The number of thiophene rings is 1. The van der Waals surface area contributed by atoms with Gasteiger partial charge in [0.25, 0.3) is 0 Å². The molecule has 2 heterocycles. The smallest absolute Gasteiger partial charge is 0.229 e. The van der Waals surface area contributed by atoms with E-state index in [1.54, 1.807) is 11.3 Å². The van der Waals surface area contributed by atoms with Gasteiger partial charge in [0.2, 0.25) is 5.12 Å². The van der Waals surface area contributed by atoms with E-state index in [0.717, 1.165) is 10.6 Å². The lowest BCUT2D eigenvalue weighted by Gasteiger charge is -1.89. The Hall–Kier alpha value is -0.800. The highest BCUT2D eigenvalue weighted by atomic mass is 32.2. The quantitative estimate of drug-likeness (QED) is 0.658. The Kier molecular flexibility index (Phi) is 1.51. The zero-order valence-corrected chi connectivity index (χ0v) is 8.37. The summed E-state index contributed by atoms with van der Waals surface area (Å²) in [5, 5.41) is 1.51. The standard InChI is InChI=1S/C10H6OS2/c11-10-9-7(5-12-10)6-3-1-2-4-8(6)13-9/h1-4H,5H2. The molecule has 0 amide bonds. The van der Waals surface area contributed by atoms with E-state index in [-0.39, 0.29) is 5.12 Å². The van der Waals surface area contributed by atoms with E-state index in [0.29, 0.717) is 0 Å². The van der Waals surface area contributed by atoms with Crippen molar-refractivity contribution in [2.45, 2.75) is 5.75 Å². The Morgan fingerprint density at radius 3 is 3.00 bits per heavy atom. The van der Waals surface area contributed by atoms with Crippen LogP contribution in [0.15, 0.2) is 24.3 Å². The molecule has 13 heavy (non-hydrogen) atoms. The number of hydrogen-bond donors (Lipinski definition) is 0. The first-order valence-corrected chi connectivity index (χ1v) is 5.84. The fourth-order valence-electron chi connectivity index (χ4n) is 1.61. The predicted molar refractivity (Wildman–Crippen MR) is 57.5 cm³/mol. The summed E-state index contributed by atoms with van der Waals surface area (Å²) in [6.45, 7) is 0. The maximum atomic E-state index is 11.4. The molecule has 3 rings (SSSR count). The molecule has 1 nitrogen and oxygen atoms in total. The summed E-state index contributed by atoms with van der Waals surface area (Å²) < 4.78 is 1.24. The Balaban J connectivity index is 2.44. The van der Waals surface area contributed by atoms with Gasteiger partial charge in [0, 0.05) is 10.5 Å². The van der Waals surface area contributed by atoms with Crippen molar-refractivity contribution < 1.29 is 4.79 Å². The second-order valence-corrected chi connectivity index (χ2v) is 4.98. The summed E-state index contributed by atoms with van der Waals surface area (Å²) in [6, 6.07) is 8.23. The van der Waals surface area contributed by atoms with E-state index in [1.807, 2.05) is 12.1 Å². The van der Waals surface area contributed by atoms with Crippen molar-refractivity contribution in [3.8, 4) is 0 Å². The van der Waals surface area contributed by atoms with Crippen LogP contribution >= 0.6 is 23.1 Å². The van der Waals surface area contributed by atoms with Gasteiger partial charge in [-0.1, -0.05) is 30.0 Å². The van der Waals surface area contributed by atoms with Gasteiger partial charge in [-0.2, -0.15) is 0 Å². The zero-order valence-electron chi connectivity index (χ0n) is 6.74. The molecule has 0 bridgehead atoms. The Morgan fingerprint density at radius 2 is 2.08 bits per heavy atom. The van der Waals surface area contributed by atoms with Gasteiger partial charge in [-0.15, -0.1) is 11.3 Å². The third-order valence-corrected chi connectivity index (χ3v) is 4.47. The molecule has 0 aliphatic carbocycles. The normalized spacial score (nSPS) is 15.2. The summed E-state index contributed by atoms with van der Waals surface area (Å²) in [7, 11) is 0. The first-order chi connectivity index (χ1) is 6.36. The highest BCUT2D eigenvalue weighted by Crippen LogP contribution is 2.41. The number of thioether (sulfide) groups is 1. The highest BCUT2D eigenvalue weighted by molar-refractivity contribution is 8.14. The van der Waals surface area contributed by atoms with E-state index >= 15 is 0 Å². The van der Waals surface area contributed by atoms with Crippen LogP contribution in [0.5, 0.6) is 0 Å². The lowest BCUT2D eigenvalue weighted by atomic mass is 10.1. The van der Waals surface area contributed by atoms with Crippen LogP contribution in [0.3, 0.4) is 0 Å². The van der Waals surface area contributed by atoms with Crippen LogP contribution in [0, 0.1) is 0 Å². The summed E-state index contributed by atoms with van der Waals surface area (Å²) in [5.74, 6) is 0.859. The van der Waals surface area contributed by atoms with Crippen LogP contribution in [0.4, 0.5) is 0 Å². The Morgan fingerprint density at radius 1 is 1.23 bits per heavy atom. The van der Waals surface area contributed by atoms with E-state index in [2.05, 4.69) is 12.1 Å². The molecule has 1 aliphatic heterocycles. The summed E-state index contributed by atoms with van der Waals surface area (Å²) in [5.41, 5.74) is 1.25. The van der Waals surface area contributed by atoms with E-state index < -0.39 is 0 Å². The van der Waals surface area contributed by atoms with E-state index in [9.17, 15) is 4.79 Å². The largest absolute Gasteiger partial charge is 0.281 e. The SMILES string of the molecule is O=C1SCc2c1sc1ccccc21. The van der Waals surface area contributed by atoms with Gasteiger partial charge in [-0.25, -0.2) is 0 Å². The second-order valence-electron chi connectivity index (χ2n) is 2.98. The molecule has 0 radical (unpaired) electrons. The number of carbonyl (C=O) groups is 1. The Bertz CT molecular complexity index is 499. The summed E-state index contributed by atoms with van der Waals surface area (Å²) in [6.07, 6.45) is 0. The molecule has 3 heteroatoms. The molecule has 1 aliphatic rings. The monoisotopic (exact) mass is 206 g/mol. The average molecular weight is 206 g/mol. The number of benzene rings is 1. The van der Waals surface area contributed by atoms with Gasteiger partial charge in [-0.05, 0) is 17.0 Å². The van der Waals surface area contributed by atoms with Gasteiger partial charge < -0.3 is 0 Å². The molecule has 0 fully saturated rings. The number of rotatable bonds is 0. The van der Waals surface area contributed by atoms with Crippen LogP contribution in [0.2, 0.25) is 0 Å². The lowest BCUT2D eigenvalue weighted by Crippen LogP contribution is -1.78. The molecule has 0 saturated carbocycles. The van der Waals surface area contributed by atoms with Gasteiger partial charge in [0.1, 0.15) is 0 Å². The van der Waals surface area contributed by atoms with Crippen molar-refractivity contribution in [3.05, 3.63) is 34.7 Å². The molecule has 0 spiro atoms. The van der Waals surface area contributed by atoms with Crippen LogP contribution in [-0.4, -0.2) is 5.12 Å². The number of hydrogen-bond acceptors (Lipinski definition) is 3. The first-order valence-electron chi connectivity index (χ1n) is 4.04. The van der Waals surface area contributed by atoms with Crippen molar-refractivity contribution in [1.29, 1.82) is 0 Å². The maximum Gasteiger partial charge on any atom is 0.229 e. The summed E-state index contributed by atoms with van der Waals surface area (Å²) >= 11 is 3.04. The molecule has 1 aromatic carbocycles. The van der Waals surface area contributed by atoms with E-state index in [1.165, 1.54) is 27.4 Å². The van der Waals surface area contributed by atoms with Gasteiger partial charge >= 0.3 is 0 Å². The third-order valence-electron chi connectivity index (χ3n) is 2.23. The molecule has 64 valence electrons. The van der Waals surface area contributed by atoms with E-state index in [4.69, 9.17) is 0 Å². The van der Waals surface area contributed by atoms with Crippen LogP contribution in [0.25, 0.3) is 10.1 Å². The van der Waals surface area contributed by atoms with Crippen LogP contribution in [0.1, 0.15) is 15.2 Å². The van der Waals surface area contributed by atoms with Crippen LogP contribution < -0.4 is 0 Å². The van der Waals surface area contributed by atoms with Crippen molar-refractivity contribution in [3.63, 3.8) is 0 Å². The lowest BCUT2D eigenvalue weighted by molar-refractivity contribution is 0.109. The number of fused-ring (bicyclic) bond motifs is 3. The molecule has 1 aromatic heterocycles. The van der Waals surface area contributed by atoms with Gasteiger partial charge in [-0.3, -0.25) is 4.79 Å². The zero-order chi connectivity index (χ0) is 8.84. The minimum Gasteiger partial charge on any atom is -0.281 e. The summed E-state index contributed by atoms with van der Waals surface area (Å²) in [4.78, 5) is 12.4. The molecule has 2 aromatic rings. The van der Waals surface area contributed by atoms with Crippen molar-refractivity contribution >= 4 is 38.3 Å². The molecule has 0 saturated heterocycles. The third kappa shape index (κ3) is 0.974. The van der Waals surface area contributed by atoms with Crippen molar-refractivity contribution in [2.24, 2.45) is 0 Å². The fraction of sp³-hybridized carbons (Fsp3) is 0.100. The average Bonchev–Trinajstić information content (AvgIpc) is 2.67. The molecule has 0 atom stereocenters. The van der Waals surface area contributed by atoms with Gasteiger partial charge in [0.15, 0.2) is 0 Å². The Labute approximate surface area is 83.8 Å². The molecule has 0 N–H and O–H groups in total. The highest BCUT2D eigenvalue weighted by Gasteiger charge is 2.24. The minimum absolute atomic E-state index is 0.246. The van der Waals surface area contributed by atoms with Crippen LogP contribution in [-0.2, 0) is 5.75 Å². The predicted octanol–water partition coefficient (Wildman–Crippen LogP) is 3.29. The second kappa shape index (κ2) is 2.59. The topological polar surface area (TPSA) is 17.1 Å².